The van der Waals surface area contributed by atoms with E-state index in [0.29, 0.717) is 31.7 Å². The minimum absolute atomic E-state index is 0.00670. The van der Waals surface area contributed by atoms with E-state index in [9.17, 15) is 9.59 Å². The molecular formula is C24H32N2O2. The van der Waals surface area contributed by atoms with Crippen LogP contribution in [0, 0.1) is 0 Å². The molecule has 0 radical (unpaired) electrons. The van der Waals surface area contributed by atoms with Gasteiger partial charge in [0.2, 0.25) is 11.8 Å². The zero-order chi connectivity index (χ0) is 20.5. The van der Waals surface area contributed by atoms with E-state index < -0.39 is 6.04 Å². The van der Waals surface area contributed by atoms with E-state index in [1.807, 2.05) is 37.3 Å². The maximum absolute atomic E-state index is 13.1. The molecule has 0 aliphatic rings. The first-order chi connectivity index (χ1) is 13.5. The lowest BCUT2D eigenvalue weighted by molar-refractivity contribution is -0.141. The Morgan fingerprint density at radius 2 is 1.61 bits per heavy atom. The van der Waals surface area contributed by atoms with Crippen LogP contribution < -0.4 is 5.32 Å². The van der Waals surface area contributed by atoms with Crippen molar-refractivity contribution in [1.29, 1.82) is 0 Å². The Bertz CT molecular complexity index is 754. The SMILES string of the molecule is CC[C@@H](C(=O)NC)N(Cc1ccccc1)C(=O)CCc1ccc(C(C)C)cc1. The summed E-state index contributed by atoms with van der Waals surface area (Å²) in [6.45, 7) is 6.72. The standard InChI is InChI=1S/C24H32N2O2/c1-5-22(24(28)25-4)26(17-20-9-7-6-8-10-20)23(27)16-13-19-11-14-21(15-12-19)18(2)3/h6-12,14-15,18,22H,5,13,16-17H2,1-4H3,(H,25,28)/t22-/m0/s1. The molecular weight excluding hydrogens is 348 g/mol. The number of carbonyl (C=O) groups excluding carboxylic acids is 2. The van der Waals surface area contributed by atoms with Crippen LogP contribution in [0.5, 0.6) is 0 Å². The fourth-order valence-corrected chi connectivity index (χ4v) is 3.33. The van der Waals surface area contributed by atoms with Crippen LogP contribution in [0.4, 0.5) is 0 Å². The van der Waals surface area contributed by atoms with Crippen molar-refractivity contribution in [1.82, 2.24) is 10.2 Å². The third-order valence-electron chi connectivity index (χ3n) is 5.10. The average Bonchev–Trinajstić information content (AvgIpc) is 2.72. The van der Waals surface area contributed by atoms with Crippen molar-refractivity contribution in [3.63, 3.8) is 0 Å². The summed E-state index contributed by atoms with van der Waals surface area (Å²) in [5, 5.41) is 2.69. The molecule has 0 heterocycles. The van der Waals surface area contributed by atoms with Gasteiger partial charge in [0.25, 0.3) is 0 Å². The molecule has 150 valence electrons. The first kappa shape index (κ1) is 21.7. The molecule has 2 aromatic rings. The summed E-state index contributed by atoms with van der Waals surface area (Å²) in [6.07, 6.45) is 1.65. The molecule has 0 saturated carbocycles. The second-order valence-electron chi connectivity index (χ2n) is 7.44. The van der Waals surface area contributed by atoms with Gasteiger partial charge in [-0.2, -0.15) is 0 Å². The molecule has 0 aliphatic carbocycles. The zero-order valence-corrected chi connectivity index (χ0v) is 17.4. The van der Waals surface area contributed by atoms with Gasteiger partial charge in [0, 0.05) is 20.0 Å². The molecule has 0 saturated heterocycles. The van der Waals surface area contributed by atoms with E-state index in [-0.39, 0.29) is 11.8 Å². The second-order valence-corrected chi connectivity index (χ2v) is 7.44. The predicted molar refractivity (Wildman–Crippen MR) is 114 cm³/mol. The molecule has 2 amide bonds. The molecule has 0 bridgehead atoms. The number of nitrogens with zero attached hydrogens (tertiary/aromatic N) is 1. The Balaban J connectivity index is 2.12. The summed E-state index contributed by atoms with van der Waals surface area (Å²) in [6, 6.07) is 17.8. The lowest BCUT2D eigenvalue weighted by Crippen LogP contribution is -2.48. The summed E-state index contributed by atoms with van der Waals surface area (Å²) < 4.78 is 0. The maximum atomic E-state index is 13.1. The van der Waals surface area contributed by atoms with Crippen molar-refractivity contribution in [2.45, 2.75) is 58.5 Å². The number of nitrogens with one attached hydrogen (secondary N) is 1. The van der Waals surface area contributed by atoms with Crippen LogP contribution >= 0.6 is 0 Å². The van der Waals surface area contributed by atoms with Crippen molar-refractivity contribution in [2.24, 2.45) is 0 Å². The van der Waals surface area contributed by atoms with Crippen LogP contribution in [-0.4, -0.2) is 29.8 Å². The van der Waals surface area contributed by atoms with Crippen LogP contribution in [0.3, 0.4) is 0 Å². The molecule has 0 aliphatic heterocycles. The van der Waals surface area contributed by atoms with Gasteiger partial charge in [-0.05, 0) is 35.4 Å². The highest BCUT2D eigenvalue weighted by Crippen LogP contribution is 2.17. The highest BCUT2D eigenvalue weighted by atomic mass is 16.2. The van der Waals surface area contributed by atoms with Gasteiger partial charge in [0.15, 0.2) is 0 Å². The van der Waals surface area contributed by atoms with Gasteiger partial charge >= 0.3 is 0 Å². The Hall–Kier alpha value is -2.62. The third-order valence-corrected chi connectivity index (χ3v) is 5.10. The van der Waals surface area contributed by atoms with Crippen molar-refractivity contribution in [3.05, 3.63) is 71.3 Å². The topological polar surface area (TPSA) is 49.4 Å². The number of amides is 2. The summed E-state index contributed by atoms with van der Waals surface area (Å²) in [5.41, 5.74) is 3.47. The molecule has 2 aromatic carbocycles. The van der Waals surface area contributed by atoms with Gasteiger partial charge < -0.3 is 10.2 Å². The van der Waals surface area contributed by atoms with Gasteiger partial charge in [0.05, 0.1) is 0 Å². The molecule has 4 heteroatoms. The Kier molecular flexibility index (Phi) is 8.24. The van der Waals surface area contributed by atoms with E-state index in [4.69, 9.17) is 0 Å². The summed E-state index contributed by atoms with van der Waals surface area (Å²) >= 11 is 0. The summed E-state index contributed by atoms with van der Waals surface area (Å²) in [7, 11) is 1.62. The molecule has 0 unspecified atom stereocenters. The molecule has 0 spiro atoms. The third kappa shape index (κ3) is 5.95. The molecule has 0 fully saturated rings. The summed E-state index contributed by atoms with van der Waals surface area (Å²) in [4.78, 5) is 27.1. The highest BCUT2D eigenvalue weighted by molar-refractivity contribution is 5.87. The molecule has 4 nitrogen and oxygen atoms in total. The number of rotatable bonds is 9. The van der Waals surface area contributed by atoms with Crippen LogP contribution in [0.2, 0.25) is 0 Å². The van der Waals surface area contributed by atoms with Crippen molar-refractivity contribution >= 4 is 11.8 Å². The van der Waals surface area contributed by atoms with Gasteiger partial charge in [-0.3, -0.25) is 9.59 Å². The number of hydrogen-bond donors (Lipinski definition) is 1. The molecule has 2 rings (SSSR count). The van der Waals surface area contributed by atoms with Crippen LogP contribution in [-0.2, 0) is 22.6 Å². The van der Waals surface area contributed by atoms with E-state index in [1.54, 1.807) is 11.9 Å². The van der Waals surface area contributed by atoms with Gasteiger partial charge in [-0.1, -0.05) is 75.4 Å². The number of aryl methyl sites for hydroxylation is 1. The minimum atomic E-state index is -0.457. The quantitative estimate of drug-likeness (QED) is 0.705. The average molecular weight is 381 g/mol. The van der Waals surface area contributed by atoms with Gasteiger partial charge in [-0.15, -0.1) is 0 Å². The Morgan fingerprint density at radius 3 is 2.14 bits per heavy atom. The molecule has 1 atom stereocenters. The normalized spacial score (nSPS) is 11.9. The van der Waals surface area contributed by atoms with Crippen LogP contribution in [0.1, 0.15) is 56.2 Å². The Morgan fingerprint density at radius 1 is 0.964 bits per heavy atom. The van der Waals surface area contributed by atoms with Crippen LogP contribution in [0.15, 0.2) is 54.6 Å². The summed E-state index contributed by atoms with van der Waals surface area (Å²) in [5.74, 6) is 0.384. The van der Waals surface area contributed by atoms with E-state index >= 15 is 0 Å². The van der Waals surface area contributed by atoms with E-state index in [1.165, 1.54) is 5.56 Å². The smallest absolute Gasteiger partial charge is 0.242 e. The van der Waals surface area contributed by atoms with E-state index in [0.717, 1.165) is 11.1 Å². The number of likely N-dealkylation sites (N-methyl/N-ethyl adjacent to an activating group) is 1. The molecule has 28 heavy (non-hydrogen) atoms. The monoisotopic (exact) mass is 380 g/mol. The predicted octanol–water partition coefficient (Wildman–Crippen LogP) is 4.30. The largest absolute Gasteiger partial charge is 0.357 e. The highest BCUT2D eigenvalue weighted by Gasteiger charge is 2.27. The van der Waals surface area contributed by atoms with Crippen molar-refractivity contribution in [3.8, 4) is 0 Å². The number of benzene rings is 2. The lowest BCUT2D eigenvalue weighted by atomic mass is 10.00. The molecule has 0 aromatic heterocycles. The second kappa shape index (κ2) is 10.6. The minimum Gasteiger partial charge on any atom is -0.357 e. The fourth-order valence-electron chi connectivity index (χ4n) is 3.33. The Labute approximate surface area is 169 Å². The lowest BCUT2D eigenvalue weighted by Gasteiger charge is -2.30. The van der Waals surface area contributed by atoms with Crippen molar-refractivity contribution in [2.75, 3.05) is 7.05 Å². The van der Waals surface area contributed by atoms with Gasteiger partial charge in [-0.25, -0.2) is 0 Å². The van der Waals surface area contributed by atoms with E-state index in [2.05, 4.69) is 43.4 Å². The van der Waals surface area contributed by atoms with Crippen molar-refractivity contribution < 1.29 is 9.59 Å². The number of carbonyl (C=O) groups is 2. The first-order valence-corrected chi connectivity index (χ1v) is 10.1. The zero-order valence-electron chi connectivity index (χ0n) is 17.4. The van der Waals surface area contributed by atoms with Crippen LogP contribution in [0.25, 0.3) is 0 Å². The number of hydrogen-bond acceptors (Lipinski definition) is 2. The molecule has 1 N–H and O–H groups in total. The fraction of sp³-hybridized carbons (Fsp3) is 0.417. The van der Waals surface area contributed by atoms with Gasteiger partial charge in [0.1, 0.15) is 6.04 Å². The first-order valence-electron chi connectivity index (χ1n) is 10.1. The maximum Gasteiger partial charge on any atom is 0.242 e.